The minimum atomic E-state index is -3.89. The molecule has 0 heterocycles. The molecule has 45 heavy (non-hydrogen) atoms. The smallest absolute Gasteiger partial charge is 0.207 e. The molecule has 0 fully saturated rings. The number of ether oxygens (including phenoxy) is 1. The van der Waals surface area contributed by atoms with Crippen molar-refractivity contribution >= 4 is 9.84 Å². The van der Waals surface area contributed by atoms with Crippen LogP contribution < -0.4 is 4.74 Å². The fraction of sp³-hybridized carbons (Fsp3) is 0.375. The Morgan fingerprint density at radius 2 is 1.40 bits per heavy atom. The number of nitriles is 1. The van der Waals surface area contributed by atoms with Gasteiger partial charge in [-0.15, -0.1) is 0 Å². The molecule has 0 saturated heterocycles. The van der Waals surface area contributed by atoms with Gasteiger partial charge in [0.2, 0.25) is 9.84 Å². The van der Waals surface area contributed by atoms with E-state index in [9.17, 15) is 13.7 Å². The van der Waals surface area contributed by atoms with Crippen LogP contribution >= 0.6 is 0 Å². The fourth-order valence-corrected chi connectivity index (χ4v) is 8.52. The summed E-state index contributed by atoms with van der Waals surface area (Å²) < 4.78 is 35.1. The highest BCUT2D eigenvalue weighted by molar-refractivity contribution is 7.91. The van der Waals surface area contributed by atoms with Gasteiger partial charge in [-0.3, -0.25) is 0 Å². The van der Waals surface area contributed by atoms with Crippen LogP contribution in [0.3, 0.4) is 0 Å². The molecule has 4 aromatic carbocycles. The molecule has 5 heteroatoms. The largest absolute Gasteiger partial charge is 0.497 e. The zero-order valence-corrected chi connectivity index (χ0v) is 27.6. The molecular formula is C40H45NO3S. The second-order valence-electron chi connectivity index (χ2n) is 12.2. The molecule has 5 rings (SSSR count). The molecular weight excluding hydrogens is 575 g/mol. The van der Waals surface area contributed by atoms with E-state index in [4.69, 9.17) is 4.74 Å². The maximum Gasteiger partial charge on any atom is 0.207 e. The lowest BCUT2D eigenvalue weighted by Crippen LogP contribution is -2.11. The number of fused-ring (bicyclic) bond motifs is 3. The summed E-state index contributed by atoms with van der Waals surface area (Å²) in [7, 11) is -2.28. The van der Waals surface area contributed by atoms with Gasteiger partial charge in [0.05, 0.1) is 29.4 Å². The van der Waals surface area contributed by atoms with Crippen LogP contribution in [0.1, 0.15) is 93.4 Å². The van der Waals surface area contributed by atoms with E-state index in [0.29, 0.717) is 23.5 Å². The summed E-state index contributed by atoms with van der Waals surface area (Å²) in [5.74, 6) is 0.638. The third kappa shape index (κ3) is 7.34. The second kappa shape index (κ2) is 15.4. The first-order chi connectivity index (χ1) is 22.0. The summed E-state index contributed by atoms with van der Waals surface area (Å²) in [5.41, 5.74) is 7.60. The van der Waals surface area contributed by atoms with Gasteiger partial charge in [-0.05, 0) is 88.5 Å². The molecule has 0 spiro atoms. The first-order valence-electron chi connectivity index (χ1n) is 16.6. The molecule has 4 nitrogen and oxygen atoms in total. The van der Waals surface area contributed by atoms with Gasteiger partial charge in [0, 0.05) is 5.56 Å². The minimum Gasteiger partial charge on any atom is -0.497 e. The number of aryl methyl sites for hydroxylation is 1. The van der Waals surface area contributed by atoms with Crippen LogP contribution in [0.2, 0.25) is 0 Å². The Kier molecular flexibility index (Phi) is 11.1. The number of nitrogens with zero attached hydrogens (tertiary/aromatic N) is 1. The molecule has 0 radical (unpaired) electrons. The van der Waals surface area contributed by atoms with E-state index < -0.39 is 9.84 Å². The molecule has 0 aliphatic heterocycles. The van der Waals surface area contributed by atoms with E-state index in [0.717, 1.165) is 58.2 Å². The van der Waals surface area contributed by atoms with E-state index in [1.165, 1.54) is 50.5 Å². The maximum atomic E-state index is 14.7. The first-order valence-corrected chi connectivity index (χ1v) is 18.1. The van der Waals surface area contributed by atoms with Crippen LogP contribution in [0, 0.1) is 11.3 Å². The fourth-order valence-electron chi connectivity index (χ4n) is 6.76. The van der Waals surface area contributed by atoms with Gasteiger partial charge < -0.3 is 4.74 Å². The van der Waals surface area contributed by atoms with E-state index in [1.54, 1.807) is 31.4 Å². The minimum absolute atomic E-state index is 0.175. The van der Waals surface area contributed by atoms with E-state index in [2.05, 4.69) is 37.3 Å². The standard InChI is InChI=1S/C40H45NO3S/c1-3-4-5-6-7-8-9-10-11-13-19-32-28-37-35-22-17-16-18-31(35)27-38(37)39(36-29-33(44-2)24-23-30(36)25-26-41)40(32)45(42,43)34-20-14-12-15-21-34/h12,14-18,20-24,28-29H,3-11,13,19,25,27H2,1-2H3. The Balaban J connectivity index is 1.61. The van der Waals surface area contributed by atoms with Crippen molar-refractivity contribution in [1.29, 1.82) is 5.26 Å². The molecule has 1 aliphatic rings. The third-order valence-electron chi connectivity index (χ3n) is 9.12. The van der Waals surface area contributed by atoms with E-state index in [1.807, 2.05) is 30.3 Å². The Bertz CT molecular complexity index is 1750. The molecule has 4 aromatic rings. The highest BCUT2D eigenvalue weighted by atomic mass is 32.2. The van der Waals surface area contributed by atoms with Gasteiger partial charge in [-0.1, -0.05) is 113 Å². The SMILES string of the molecule is CCCCCCCCCCCCc1cc2c(c(-c3cc(OC)ccc3CC#N)c1S(=O)(=O)c1ccccc1)Cc1ccccc1-2. The Labute approximate surface area is 270 Å². The van der Waals surface area contributed by atoms with Gasteiger partial charge >= 0.3 is 0 Å². The topological polar surface area (TPSA) is 67.2 Å². The number of hydrogen-bond donors (Lipinski definition) is 0. The molecule has 234 valence electrons. The Morgan fingerprint density at radius 1 is 0.733 bits per heavy atom. The number of rotatable bonds is 16. The van der Waals surface area contributed by atoms with E-state index >= 15 is 0 Å². The summed E-state index contributed by atoms with van der Waals surface area (Å²) in [4.78, 5) is 0.666. The Morgan fingerprint density at radius 3 is 2.09 bits per heavy atom. The summed E-state index contributed by atoms with van der Waals surface area (Å²) in [6, 6.07) is 27.3. The average Bonchev–Trinajstić information content (AvgIpc) is 3.44. The van der Waals surface area contributed by atoms with Crippen molar-refractivity contribution in [3.63, 3.8) is 0 Å². The number of sulfone groups is 1. The maximum absolute atomic E-state index is 14.7. The van der Waals surface area contributed by atoms with Crippen molar-refractivity contribution in [1.82, 2.24) is 0 Å². The highest BCUT2D eigenvalue weighted by Gasteiger charge is 2.33. The molecule has 0 bridgehead atoms. The van der Waals surface area contributed by atoms with Crippen LogP contribution in [-0.4, -0.2) is 15.5 Å². The van der Waals surface area contributed by atoms with Crippen molar-refractivity contribution in [2.75, 3.05) is 7.11 Å². The normalized spacial score (nSPS) is 12.0. The molecule has 0 unspecified atom stereocenters. The van der Waals surface area contributed by atoms with Gasteiger partial charge in [0.1, 0.15) is 5.75 Å². The summed E-state index contributed by atoms with van der Waals surface area (Å²) in [5, 5.41) is 9.77. The second-order valence-corrected chi connectivity index (χ2v) is 14.1. The van der Waals surface area contributed by atoms with Crippen LogP contribution in [0.4, 0.5) is 0 Å². The Hall–Kier alpha value is -3.88. The quantitative estimate of drug-likeness (QED) is 0.103. The summed E-state index contributed by atoms with van der Waals surface area (Å²) >= 11 is 0. The number of unbranched alkanes of at least 4 members (excludes halogenated alkanes) is 9. The van der Waals surface area contributed by atoms with Gasteiger partial charge in [0.15, 0.2) is 0 Å². The van der Waals surface area contributed by atoms with Crippen LogP contribution in [0.5, 0.6) is 5.75 Å². The summed E-state index contributed by atoms with van der Waals surface area (Å²) in [6.45, 7) is 2.25. The van der Waals surface area contributed by atoms with Crippen molar-refractivity contribution in [3.8, 4) is 34.1 Å². The summed E-state index contributed by atoms with van der Waals surface area (Å²) in [6.07, 6.45) is 13.7. The zero-order valence-electron chi connectivity index (χ0n) is 26.8. The van der Waals surface area contributed by atoms with Crippen LogP contribution in [0.25, 0.3) is 22.3 Å². The lowest BCUT2D eigenvalue weighted by atomic mass is 9.88. The van der Waals surface area contributed by atoms with Crippen LogP contribution in [-0.2, 0) is 29.1 Å². The predicted molar refractivity (Wildman–Crippen MR) is 183 cm³/mol. The lowest BCUT2D eigenvalue weighted by Gasteiger charge is -2.22. The van der Waals surface area contributed by atoms with Crippen molar-refractivity contribution < 1.29 is 13.2 Å². The van der Waals surface area contributed by atoms with Crippen molar-refractivity contribution in [2.45, 2.75) is 100 Å². The zero-order chi connectivity index (χ0) is 31.6. The van der Waals surface area contributed by atoms with Gasteiger partial charge in [-0.25, -0.2) is 8.42 Å². The predicted octanol–water partition coefficient (Wildman–Crippen LogP) is 10.3. The number of benzene rings is 4. The first kappa shape index (κ1) is 32.5. The van der Waals surface area contributed by atoms with Crippen molar-refractivity contribution in [2.24, 2.45) is 0 Å². The highest BCUT2D eigenvalue weighted by Crippen LogP contribution is 2.48. The molecule has 0 saturated carbocycles. The molecule has 0 atom stereocenters. The lowest BCUT2D eigenvalue weighted by molar-refractivity contribution is 0.415. The van der Waals surface area contributed by atoms with E-state index in [-0.39, 0.29) is 11.3 Å². The monoisotopic (exact) mass is 619 g/mol. The molecule has 0 N–H and O–H groups in total. The molecule has 0 aromatic heterocycles. The molecule has 0 amide bonds. The number of methoxy groups -OCH3 is 1. The van der Waals surface area contributed by atoms with Crippen LogP contribution in [0.15, 0.2) is 88.7 Å². The van der Waals surface area contributed by atoms with Gasteiger partial charge in [0.25, 0.3) is 0 Å². The molecule has 1 aliphatic carbocycles. The van der Waals surface area contributed by atoms with Gasteiger partial charge in [-0.2, -0.15) is 5.26 Å². The number of hydrogen-bond acceptors (Lipinski definition) is 4. The average molecular weight is 620 g/mol. The third-order valence-corrected chi connectivity index (χ3v) is 11.0. The van der Waals surface area contributed by atoms with Crippen molar-refractivity contribution in [3.05, 3.63) is 101 Å².